The Kier molecular flexibility index (Phi) is 4.19. The minimum absolute atomic E-state index is 0.222. The van der Waals surface area contributed by atoms with Crippen LogP contribution in [0.1, 0.15) is 20.8 Å². The summed E-state index contributed by atoms with van der Waals surface area (Å²) in [7, 11) is 1.48. The van der Waals surface area contributed by atoms with Crippen LogP contribution in [0.5, 0.6) is 0 Å². The number of amides is 1. The summed E-state index contributed by atoms with van der Waals surface area (Å²) in [5, 5.41) is 10.2. The van der Waals surface area contributed by atoms with Crippen molar-refractivity contribution >= 4 is 11.8 Å². The Morgan fingerprint density at radius 2 is 2.24 bits per heavy atom. The smallest absolute Gasteiger partial charge is 0.323 e. The van der Waals surface area contributed by atoms with E-state index < -0.39 is 6.09 Å². The van der Waals surface area contributed by atoms with Crippen LogP contribution in [-0.2, 0) is 11.4 Å². The zero-order valence-electron chi connectivity index (χ0n) is 10.5. The monoisotopic (exact) mass is 239 g/mol. The summed E-state index contributed by atoms with van der Waals surface area (Å²) in [6.07, 6.45) is 2.44. The van der Waals surface area contributed by atoms with Gasteiger partial charge in [-0.1, -0.05) is 25.9 Å². The maximum absolute atomic E-state index is 11.0. The Morgan fingerprint density at radius 3 is 2.71 bits per heavy atom. The predicted molar refractivity (Wildman–Crippen MR) is 62.5 cm³/mol. The predicted octanol–water partition coefficient (Wildman–Crippen LogP) is 1.04. The number of nitrogens with zero attached hydrogens (tertiary/aromatic N) is 4. The largest absolute Gasteiger partial charge is 0.433 e. The minimum Gasteiger partial charge on any atom is -0.323 e. The summed E-state index contributed by atoms with van der Waals surface area (Å²) >= 11 is 0. The molecule has 0 radical (unpaired) electrons. The van der Waals surface area contributed by atoms with Gasteiger partial charge in [-0.2, -0.15) is 5.10 Å². The molecule has 1 aromatic rings. The van der Waals surface area contributed by atoms with Crippen molar-refractivity contribution in [2.24, 2.45) is 10.6 Å². The van der Waals surface area contributed by atoms with E-state index in [-0.39, 0.29) is 5.41 Å². The Labute approximate surface area is 99.9 Å². The van der Waals surface area contributed by atoms with Crippen LogP contribution in [0.4, 0.5) is 4.79 Å². The molecule has 94 valence electrons. The zero-order valence-corrected chi connectivity index (χ0v) is 10.5. The van der Waals surface area contributed by atoms with Gasteiger partial charge in [-0.3, -0.25) is 4.84 Å². The average molecular weight is 239 g/mol. The highest BCUT2D eigenvalue weighted by Gasteiger charge is 2.21. The number of hydrogen-bond donors (Lipinski definition) is 1. The zero-order chi connectivity index (χ0) is 12.9. The maximum Gasteiger partial charge on any atom is 0.433 e. The number of oxime groups is 1. The molecule has 0 aliphatic carbocycles. The fourth-order valence-electron chi connectivity index (χ4n) is 1.01. The highest BCUT2D eigenvalue weighted by atomic mass is 16.7. The Morgan fingerprint density at radius 1 is 1.53 bits per heavy atom. The summed E-state index contributed by atoms with van der Waals surface area (Å²) < 4.78 is 1.62. The van der Waals surface area contributed by atoms with Gasteiger partial charge in [-0.25, -0.2) is 14.5 Å². The van der Waals surface area contributed by atoms with Gasteiger partial charge in [0.1, 0.15) is 12.7 Å². The van der Waals surface area contributed by atoms with Crippen molar-refractivity contribution in [2.45, 2.75) is 27.3 Å². The van der Waals surface area contributed by atoms with E-state index >= 15 is 0 Å². The molecule has 7 nitrogen and oxygen atoms in total. The lowest BCUT2D eigenvalue weighted by molar-refractivity contribution is 0.151. The second kappa shape index (κ2) is 5.42. The molecule has 0 aliphatic heterocycles. The SMILES string of the molecule is CNC(=O)ON=C(Cn1cncn1)C(C)(C)C. The first-order valence-electron chi connectivity index (χ1n) is 5.22. The van der Waals surface area contributed by atoms with Crippen molar-refractivity contribution in [3.63, 3.8) is 0 Å². The van der Waals surface area contributed by atoms with E-state index in [9.17, 15) is 4.79 Å². The fraction of sp³-hybridized carbons (Fsp3) is 0.600. The lowest BCUT2D eigenvalue weighted by atomic mass is 9.90. The summed E-state index contributed by atoms with van der Waals surface area (Å²) in [5.41, 5.74) is 0.478. The quantitative estimate of drug-likeness (QED) is 0.485. The van der Waals surface area contributed by atoms with Gasteiger partial charge in [0.2, 0.25) is 0 Å². The van der Waals surface area contributed by atoms with Gasteiger partial charge < -0.3 is 5.32 Å². The number of nitrogens with one attached hydrogen (secondary N) is 1. The molecule has 1 heterocycles. The molecule has 0 bridgehead atoms. The van der Waals surface area contributed by atoms with Crippen LogP contribution in [-0.4, -0.2) is 33.6 Å². The molecule has 0 aromatic carbocycles. The van der Waals surface area contributed by atoms with Crippen LogP contribution in [0.2, 0.25) is 0 Å². The lowest BCUT2D eigenvalue weighted by Crippen LogP contribution is -2.27. The van der Waals surface area contributed by atoms with Gasteiger partial charge in [0.05, 0.1) is 12.3 Å². The van der Waals surface area contributed by atoms with E-state index in [0.717, 1.165) is 0 Å². The summed E-state index contributed by atoms with van der Waals surface area (Å²) in [5.74, 6) is 0. The van der Waals surface area contributed by atoms with Crippen molar-refractivity contribution in [1.82, 2.24) is 20.1 Å². The van der Waals surface area contributed by atoms with Gasteiger partial charge in [0.25, 0.3) is 0 Å². The molecule has 1 N–H and O–H groups in total. The fourth-order valence-corrected chi connectivity index (χ4v) is 1.01. The maximum atomic E-state index is 11.0. The summed E-state index contributed by atoms with van der Waals surface area (Å²) in [6, 6.07) is 0. The third-order valence-electron chi connectivity index (χ3n) is 2.09. The van der Waals surface area contributed by atoms with Gasteiger partial charge in [-0.15, -0.1) is 0 Å². The molecule has 0 atom stereocenters. The third kappa shape index (κ3) is 4.21. The van der Waals surface area contributed by atoms with Crippen molar-refractivity contribution in [3.05, 3.63) is 12.7 Å². The van der Waals surface area contributed by atoms with E-state index in [0.29, 0.717) is 12.3 Å². The third-order valence-corrected chi connectivity index (χ3v) is 2.09. The second-order valence-corrected chi connectivity index (χ2v) is 4.51. The topological polar surface area (TPSA) is 81.4 Å². The lowest BCUT2D eigenvalue weighted by Gasteiger charge is -2.20. The van der Waals surface area contributed by atoms with E-state index in [1.807, 2.05) is 20.8 Å². The van der Waals surface area contributed by atoms with Gasteiger partial charge >= 0.3 is 6.09 Å². The molecule has 0 aliphatic rings. The summed E-state index contributed by atoms with van der Waals surface area (Å²) in [6.45, 7) is 6.38. The van der Waals surface area contributed by atoms with Crippen LogP contribution >= 0.6 is 0 Å². The first-order chi connectivity index (χ1) is 7.93. The van der Waals surface area contributed by atoms with Crippen molar-refractivity contribution < 1.29 is 9.63 Å². The molecule has 7 heteroatoms. The first kappa shape index (κ1) is 13.1. The van der Waals surface area contributed by atoms with Crippen LogP contribution < -0.4 is 5.32 Å². The molecular weight excluding hydrogens is 222 g/mol. The molecule has 1 rings (SSSR count). The highest BCUT2D eigenvalue weighted by molar-refractivity contribution is 5.89. The normalized spacial score (nSPS) is 12.4. The Hall–Kier alpha value is -1.92. The molecule has 0 fully saturated rings. The van der Waals surface area contributed by atoms with Crippen LogP contribution in [0.15, 0.2) is 17.8 Å². The molecule has 17 heavy (non-hydrogen) atoms. The van der Waals surface area contributed by atoms with Crippen LogP contribution in [0.25, 0.3) is 0 Å². The minimum atomic E-state index is -0.592. The van der Waals surface area contributed by atoms with E-state index in [4.69, 9.17) is 4.84 Å². The summed E-state index contributed by atoms with van der Waals surface area (Å²) in [4.78, 5) is 19.5. The van der Waals surface area contributed by atoms with Crippen LogP contribution in [0.3, 0.4) is 0 Å². The van der Waals surface area contributed by atoms with Crippen molar-refractivity contribution in [1.29, 1.82) is 0 Å². The standard InChI is InChI=1S/C10H17N5O2/c1-10(2,3)8(14-17-9(16)11-4)5-15-7-12-6-13-15/h6-7H,5H2,1-4H3,(H,11,16). The van der Waals surface area contributed by atoms with Crippen molar-refractivity contribution in [2.75, 3.05) is 7.05 Å². The molecule has 0 unspecified atom stereocenters. The average Bonchev–Trinajstić information content (AvgIpc) is 2.74. The van der Waals surface area contributed by atoms with E-state index in [1.165, 1.54) is 13.4 Å². The molecule has 0 spiro atoms. The van der Waals surface area contributed by atoms with Gasteiger partial charge in [0, 0.05) is 12.5 Å². The van der Waals surface area contributed by atoms with Crippen molar-refractivity contribution in [3.8, 4) is 0 Å². The Balaban J connectivity index is 2.78. The molecule has 1 aromatic heterocycles. The van der Waals surface area contributed by atoms with E-state index in [1.54, 1.807) is 11.0 Å². The number of hydrogen-bond acceptors (Lipinski definition) is 5. The second-order valence-electron chi connectivity index (χ2n) is 4.51. The molecule has 0 saturated carbocycles. The van der Waals surface area contributed by atoms with Crippen LogP contribution in [0, 0.1) is 5.41 Å². The first-order valence-corrected chi connectivity index (χ1v) is 5.22. The molecular formula is C10H17N5O2. The highest BCUT2D eigenvalue weighted by Crippen LogP contribution is 2.17. The van der Waals surface area contributed by atoms with Gasteiger partial charge in [-0.05, 0) is 0 Å². The number of carbonyl (C=O) groups is 1. The number of carbonyl (C=O) groups excluding carboxylic acids is 1. The Bertz CT molecular complexity index is 391. The molecule has 0 saturated heterocycles. The number of rotatable bonds is 3. The molecule has 1 amide bonds. The van der Waals surface area contributed by atoms with E-state index in [2.05, 4.69) is 20.6 Å². The van der Waals surface area contributed by atoms with Gasteiger partial charge in [0.15, 0.2) is 0 Å². The number of aromatic nitrogens is 3.